The van der Waals surface area contributed by atoms with Gasteiger partial charge in [0.1, 0.15) is 17.2 Å². The summed E-state index contributed by atoms with van der Waals surface area (Å²) in [5, 5.41) is 42.0. The van der Waals surface area contributed by atoms with Crippen molar-refractivity contribution in [3.05, 3.63) is 89.5 Å². The Hall–Kier alpha value is -3.10. The Kier molecular flexibility index (Phi) is 9.94. The summed E-state index contributed by atoms with van der Waals surface area (Å²) in [4.78, 5) is 2.28. The Morgan fingerprint density at radius 2 is 0.703 bits per heavy atom. The number of hydrogen-bond donors (Lipinski definition) is 6. The molecule has 0 aliphatic carbocycles. The lowest BCUT2D eigenvalue weighted by Gasteiger charge is -2.43. The van der Waals surface area contributed by atoms with Crippen molar-refractivity contribution in [2.45, 2.75) is 78.2 Å². The van der Waals surface area contributed by atoms with E-state index >= 15 is 0 Å². The minimum absolute atomic E-state index is 0.0933. The van der Waals surface area contributed by atoms with E-state index in [-0.39, 0.29) is 53.9 Å². The van der Waals surface area contributed by atoms with E-state index in [1.54, 1.807) is 18.2 Å². The molecule has 0 saturated heterocycles. The molecule has 7 nitrogen and oxygen atoms in total. The summed E-state index contributed by atoms with van der Waals surface area (Å²) in [6.45, 7) is 12.4. The van der Waals surface area contributed by atoms with Crippen LogP contribution >= 0.6 is 0 Å². The Morgan fingerprint density at radius 1 is 0.459 bits per heavy atom. The van der Waals surface area contributed by atoms with E-state index in [1.807, 2.05) is 75.4 Å². The van der Waals surface area contributed by atoms with Gasteiger partial charge in [-0.1, -0.05) is 54.6 Å². The van der Waals surface area contributed by atoms with Crippen molar-refractivity contribution >= 4 is 0 Å². The van der Waals surface area contributed by atoms with Gasteiger partial charge in [0.2, 0.25) is 0 Å². The molecule has 0 saturated carbocycles. The molecule has 0 radical (unpaired) electrons. The Balaban J connectivity index is 1.82. The van der Waals surface area contributed by atoms with Gasteiger partial charge in [-0.3, -0.25) is 20.9 Å². The van der Waals surface area contributed by atoms with Crippen molar-refractivity contribution in [2.75, 3.05) is 0 Å². The molecule has 200 valence electrons. The van der Waals surface area contributed by atoms with Crippen LogP contribution in [0.3, 0.4) is 0 Å². The van der Waals surface area contributed by atoms with Gasteiger partial charge >= 0.3 is 0 Å². The number of nitrogens with one attached hydrogen (secondary N) is 3. The van der Waals surface area contributed by atoms with E-state index in [4.69, 9.17) is 0 Å². The average Bonchev–Trinajstić information content (AvgIpc) is 2.84. The number of hydrogen-bond acceptors (Lipinski definition) is 7. The first kappa shape index (κ1) is 28.5. The molecule has 0 aliphatic rings. The highest BCUT2D eigenvalue weighted by molar-refractivity contribution is 5.35. The van der Waals surface area contributed by atoms with Crippen LogP contribution in [0.15, 0.2) is 72.8 Å². The smallest absolute Gasteiger partial charge is 0.120 e. The summed E-state index contributed by atoms with van der Waals surface area (Å²) < 4.78 is 0. The number of phenolic OH excluding ortho intramolecular Hbond substituents is 3. The molecule has 7 heteroatoms. The van der Waals surface area contributed by atoms with Gasteiger partial charge in [0.05, 0.1) is 18.5 Å². The number of phenols is 3. The highest BCUT2D eigenvalue weighted by Gasteiger charge is 2.29. The SMILES string of the molecule is CC(NC(C)N(C(C)NC(C)c1ccccc1O)C(C)NC(C)c1ccccc1O)c1ccccc1O. The van der Waals surface area contributed by atoms with Crippen LogP contribution in [-0.2, 0) is 0 Å². The van der Waals surface area contributed by atoms with Gasteiger partial charge in [-0.15, -0.1) is 0 Å². The summed E-state index contributed by atoms with van der Waals surface area (Å²) >= 11 is 0. The predicted molar refractivity (Wildman–Crippen MR) is 149 cm³/mol. The molecule has 6 atom stereocenters. The van der Waals surface area contributed by atoms with E-state index in [1.165, 1.54) is 0 Å². The quantitative estimate of drug-likeness (QED) is 0.181. The molecule has 37 heavy (non-hydrogen) atoms. The number of aromatic hydroxyl groups is 3. The molecule has 6 N–H and O–H groups in total. The molecule has 0 aromatic heterocycles. The number of benzene rings is 3. The predicted octanol–water partition coefficient (Wildman–Crippen LogP) is 5.50. The van der Waals surface area contributed by atoms with E-state index < -0.39 is 0 Å². The second-order valence-corrected chi connectivity index (χ2v) is 9.82. The lowest BCUT2D eigenvalue weighted by molar-refractivity contribution is 0.0353. The number of para-hydroxylation sites is 3. The molecule has 3 aromatic carbocycles. The molecule has 0 spiro atoms. The first-order valence-corrected chi connectivity index (χ1v) is 13.0. The Labute approximate surface area is 221 Å². The molecule has 3 aromatic rings. The highest BCUT2D eigenvalue weighted by atomic mass is 16.3. The first-order chi connectivity index (χ1) is 17.6. The summed E-state index contributed by atoms with van der Waals surface area (Å²) in [6.07, 6.45) is -0.312. The maximum absolute atomic E-state index is 10.4. The van der Waals surface area contributed by atoms with Crippen LogP contribution in [0, 0.1) is 0 Å². The van der Waals surface area contributed by atoms with Crippen molar-refractivity contribution in [1.82, 2.24) is 20.9 Å². The Morgan fingerprint density at radius 3 is 0.946 bits per heavy atom. The molecular formula is C30H42N4O3. The maximum atomic E-state index is 10.4. The average molecular weight is 507 g/mol. The van der Waals surface area contributed by atoms with Gasteiger partial charge in [0.15, 0.2) is 0 Å². The third-order valence-corrected chi connectivity index (χ3v) is 7.03. The summed E-state index contributed by atoms with van der Waals surface area (Å²) in [7, 11) is 0. The fourth-order valence-electron chi connectivity index (χ4n) is 5.18. The van der Waals surface area contributed by atoms with Crippen LogP contribution in [0.2, 0.25) is 0 Å². The topological polar surface area (TPSA) is 100 Å². The third kappa shape index (κ3) is 7.23. The normalized spacial score (nSPS) is 16.6. The van der Waals surface area contributed by atoms with Gasteiger partial charge in [-0.25, -0.2) is 0 Å². The van der Waals surface area contributed by atoms with Crippen molar-refractivity contribution in [2.24, 2.45) is 0 Å². The lowest BCUT2D eigenvalue weighted by atomic mass is 10.1. The molecular weight excluding hydrogens is 464 g/mol. The molecule has 3 rings (SSSR count). The van der Waals surface area contributed by atoms with Gasteiger partial charge in [0.25, 0.3) is 0 Å². The van der Waals surface area contributed by atoms with Gasteiger partial charge in [-0.05, 0) is 59.7 Å². The van der Waals surface area contributed by atoms with Crippen LogP contribution in [-0.4, -0.2) is 38.7 Å². The second kappa shape index (κ2) is 12.9. The van der Waals surface area contributed by atoms with Crippen molar-refractivity contribution < 1.29 is 15.3 Å². The zero-order valence-electron chi connectivity index (χ0n) is 22.7. The summed E-state index contributed by atoms with van der Waals surface area (Å²) in [5.74, 6) is 0.792. The zero-order valence-corrected chi connectivity index (χ0v) is 22.7. The van der Waals surface area contributed by atoms with Crippen LogP contribution in [0.4, 0.5) is 0 Å². The van der Waals surface area contributed by atoms with Crippen LogP contribution in [0.5, 0.6) is 17.2 Å². The summed E-state index contributed by atoms with van der Waals surface area (Å²) in [5.41, 5.74) is 2.50. The van der Waals surface area contributed by atoms with Crippen LogP contribution < -0.4 is 16.0 Å². The number of nitrogens with zero attached hydrogens (tertiary/aromatic N) is 1. The molecule has 0 heterocycles. The van der Waals surface area contributed by atoms with Crippen LogP contribution in [0.1, 0.15) is 76.4 Å². The van der Waals surface area contributed by atoms with E-state index in [2.05, 4.69) is 41.6 Å². The zero-order chi connectivity index (χ0) is 27.1. The fourth-order valence-corrected chi connectivity index (χ4v) is 5.18. The Bertz CT molecular complexity index is 1000. The minimum Gasteiger partial charge on any atom is -0.508 e. The first-order valence-electron chi connectivity index (χ1n) is 13.0. The lowest BCUT2D eigenvalue weighted by Crippen LogP contribution is -2.61. The monoisotopic (exact) mass is 506 g/mol. The third-order valence-electron chi connectivity index (χ3n) is 7.03. The molecule has 0 aliphatic heterocycles. The molecule has 0 bridgehead atoms. The van der Waals surface area contributed by atoms with E-state index in [0.29, 0.717) is 0 Å². The van der Waals surface area contributed by atoms with E-state index in [9.17, 15) is 15.3 Å². The maximum Gasteiger partial charge on any atom is 0.120 e. The van der Waals surface area contributed by atoms with Gasteiger partial charge in [0, 0.05) is 34.8 Å². The molecule has 0 fully saturated rings. The van der Waals surface area contributed by atoms with Crippen LogP contribution in [0.25, 0.3) is 0 Å². The standard InChI is InChI=1S/C30H42N4O3/c1-19(25-13-7-10-16-28(25)35)31-22(4)34(23(5)32-20(2)26-14-8-11-17-29(26)36)24(6)33-21(3)27-15-9-12-18-30(27)37/h7-24,31-33,35-37H,1-6H3. The van der Waals surface area contributed by atoms with Crippen molar-refractivity contribution in [3.8, 4) is 17.2 Å². The molecule has 0 amide bonds. The number of rotatable bonds is 12. The largest absolute Gasteiger partial charge is 0.508 e. The second-order valence-electron chi connectivity index (χ2n) is 9.82. The van der Waals surface area contributed by atoms with Gasteiger partial charge < -0.3 is 15.3 Å². The van der Waals surface area contributed by atoms with Crippen molar-refractivity contribution in [1.29, 1.82) is 0 Å². The minimum atomic E-state index is -0.104. The van der Waals surface area contributed by atoms with Crippen molar-refractivity contribution in [3.63, 3.8) is 0 Å². The fraction of sp³-hybridized carbons (Fsp3) is 0.400. The summed E-state index contributed by atoms with van der Waals surface area (Å²) in [6, 6.07) is 21.8. The highest BCUT2D eigenvalue weighted by Crippen LogP contribution is 2.28. The van der Waals surface area contributed by atoms with Gasteiger partial charge in [-0.2, -0.15) is 0 Å². The van der Waals surface area contributed by atoms with E-state index in [0.717, 1.165) is 16.7 Å². The molecule has 6 unspecified atom stereocenters.